The van der Waals surface area contributed by atoms with Gasteiger partial charge < -0.3 is 9.47 Å². The van der Waals surface area contributed by atoms with Crippen LogP contribution in [0.2, 0.25) is 0 Å². The highest BCUT2D eigenvalue weighted by atomic mass is 127. The predicted molar refractivity (Wildman–Crippen MR) is 91.0 cm³/mol. The van der Waals surface area contributed by atoms with Crippen molar-refractivity contribution in [1.82, 2.24) is 0 Å². The molecule has 21 heavy (non-hydrogen) atoms. The van der Waals surface area contributed by atoms with Gasteiger partial charge in [-0.15, -0.1) is 0 Å². The Bertz CT molecular complexity index is 576. The molecule has 2 aromatic rings. The highest BCUT2D eigenvalue weighted by Gasteiger charge is 2.08. The van der Waals surface area contributed by atoms with Crippen LogP contribution >= 0.6 is 22.6 Å². The Morgan fingerprint density at radius 2 is 1.62 bits per heavy atom. The van der Waals surface area contributed by atoms with Crippen LogP contribution in [0.1, 0.15) is 30.1 Å². The number of hydrogen-bond acceptors (Lipinski definition) is 3. The summed E-state index contributed by atoms with van der Waals surface area (Å²) in [5, 5.41) is 0. The topological polar surface area (TPSA) is 35.5 Å². The third-order valence-electron chi connectivity index (χ3n) is 2.88. The second kappa shape index (κ2) is 8.02. The van der Waals surface area contributed by atoms with Gasteiger partial charge >= 0.3 is 5.97 Å². The first-order valence-electron chi connectivity index (χ1n) is 6.89. The number of carbonyl (C=O) groups excluding carboxylic acids is 1. The van der Waals surface area contributed by atoms with E-state index in [1.807, 2.05) is 12.1 Å². The molecular weight excluding hydrogens is 379 g/mol. The molecule has 110 valence electrons. The Morgan fingerprint density at radius 1 is 1.00 bits per heavy atom. The fourth-order valence-electron chi connectivity index (χ4n) is 1.69. The molecule has 0 radical (unpaired) electrons. The normalized spacial score (nSPS) is 10.2. The van der Waals surface area contributed by atoms with E-state index in [4.69, 9.17) is 9.47 Å². The van der Waals surface area contributed by atoms with Crippen LogP contribution in [0.15, 0.2) is 48.5 Å². The molecule has 4 heteroatoms. The van der Waals surface area contributed by atoms with Crippen molar-refractivity contribution in [1.29, 1.82) is 0 Å². The Kier molecular flexibility index (Phi) is 6.04. The lowest BCUT2D eigenvalue weighted by molar-refractivity contribution is 0.0734. The monoisotopic (exact) mass is 396 g/mol. The van der Waals surface area contributed by atoms with Crippen molar-refractivity contribution in [3.63, 3.8) is 0 Å². The number of hydrogen-bond donors (Lipinski definition) is 0. The van der Waals surface area contributed by atoms with Gasteiger partial charge in [0.05, 0.1) is 12.2 Å². The van der Waals surface area contributed by atoms with E-state index in [0.29, 0.717) is 17.9 Å². The molecule has 0 atom stereocenters. The first kappa shape index (κ1) is 15.8. The van der Waals surface area contributed by atoms with Crippen LogP contribution in [0.4, 0.5) is 0 Å². The molecule has 0 fully saturated rings. The van der Waals surface area contributed by atoms with E-state index >= 15 is 0 Å². The zero-order valence-corrected chi connectivity index (χ0v) is 14.0. The first-order valence-corrected chi connectivity index (χ1v) is 7.97. The van der Waals surface area contributed by atoms with Gasteiger partial charge in [-0.25, -0.2) is 4.79 Å². The van der Waals surface area contributed by atoms with Crippen molar-refractivity contribution in [2.75, 3.05) is 6.61 Å². The Hall–Kier alpha value is -1.56. The molecule has 0 saturated heterocycles. The van der Waals surface area contributed by atoms with E-state index in [2.05, 4.69) is 29.5 Å². The molecule has 0 aliphatic heterocycles. The first-order chi connectivity index (χ1) is 10.2. The lowest BCUT2D eigenvalue weighted by Gasteiger charge is -2.07. The van der Waals surface area contributed by atoms with Crippen LogP contribution in [0, 0.1) is 3.57 Å². The minimum atomic E-state index is -0.365. The van der Waals surface area contributed by atoms with Crippen molar-refractivity contribution in [3.05, 3.63) is 57.7 Å². The van der Waals surface area contributed by atoms with Crippen molar-refractivity contribution in [3.8, 4) is 11.5 Å². The van der Waals surface area contributed by atoms with E-state index < -0.39 is 0 Å². The number of halogens is 1. The molecule has 2 aromatic carbocycles. The average Bonchev–Trinajstić information content (AvgIpc) is 2.50. The highest BCUT2D eigenvalue weighted by molar-refractivity contribution is 14.1. The van der Waals surface area contributed by atoms with E-state index in [9.17, 15) is 4.79 Å². The third kappa shape index (κ3) is 5.04. The van der Waals surface area contributed by atoms with Crippen LogP contribution in [0.25, 0.3) is 0 Å². The number of carbonyl (C=O) groups is 1. The Balaban J connectivity index is 1.94. The van der Waals surface area contributed by atoms with Crippen LogP contribution in [-0.2, 0) is 0 Å². The van der Waals surface area contributed by atoms with Crippen LogP contribution in [0.3, 0.4) is 0 Å². The second-order valence-corrected chi connectivity index (χ2v) is 5.82. The molecule has 0 aliphatic rings. The smallest absolute Gasteiger partial charge is 0.343 e. The molecule has 0 bridgehead atoms. The molecule has 0 unspecified atom stereocenters. The van der Waals surface area contributed by atoms with Gasteiger partial charge in [-0.3, -0.25) is 0 Å². The summed E-state index contributed by atoms with van der Waals surface area (Å²) in [6, 6.07) is 14.4. The fraction of sp³-hybridized carbons (Fsp3) is 0.235. The van der Waals surface area contributed by atoms with Gasteiger partial charge in [-0.2, -0.15) is 0 Å². The molecule has 0 N–H and O–H groups in total. The molecule has 0 saturated carbocycles. The van der Waals surface area contributed by atoms with Gasteiger partial charge in [0, 0.05) is 3.57 Å². The number of rotatable bonds is 6. The lowest BCUT2D eigenvalue weighted by atomic mass is 10.2. The van der Waals surface area contributed by atoms with Crippen molar-refractivity contribution in [2.24, 2.45) is 0 Å². The minimum absolute atomic E-state index is 0.365. The Labute approximate surface area is 138 Å². The predicted octanol–water partition coefficient (Wildman–Crippen LogP) is 4.69. The van der Waals surface area contributed by atoms with Gasteiger partial charge in [0.25, 0.3) is 0 Å². The third-order valence-corrected chi connectivity index (χ3v) is 3.60. The summed E-state index contributed by atoms with van der Waals surface area (Å²) in [7, 11) is 0. The van der Waals surface area contributed by atoms with Crippen molar-refractivity contribution in [2.45, 2.75) is 19.8 Å². The average molecular weight is 396 g/mol. The zero-order chi connectivity index (χ0) is 15.1. The molecule has 0 aliphatic carbocycles. The number of unbranched alkanes of at least 4 members (excludes halogenated alkanes) is 1. The standard InChI is InChI=1S/C17H17IO3/c1-2-3-12-20-15-8-4-13(5-9-15)17(19)21-16-10-6-14(18)7-11-16/h4-11H,2-3,12H2,1H3. The summed E-state index contributed by atoms with van der Waals surface area (Å²) >= 11 is 2.20. The summed E-state index contributed by atoms with van der Waals surface area (Å²) in [6.45, 7) is 2.82. The summed E-state index contributed by atoms with van der Waals surface area (Å²) < 4.78 is 12.0. The van der Waals surface area contributed by atoms with Gasteiger partial charge in [-0.1, -0.05) is 13.3 Å². The summed E-state index contributed by atoms with van der Waals surface area (Å²) in [6.07, 6.45) is 2.12. The van der Waals surface area contributed by atoms with Crippen LogP contribution in [0.5, 0.6) is 11.5 Å². The minimum Gasteiger partial charge on any atom is -0.494 e. The molecule has 2 rings (SSSR count). The van der Waals surface area contributed by atoms with E-state index in [-0.39, 0.29) is 5.97 Å². The molecule has 0 amide bonds. The fourth-order valence-corrected chi connectivity index (χ4v) is 2.05. The maximum atomic E-state index is 12.0. The number of ether oxygens (including phenoxy) is 2. The van der Waals surface area contributed by atoms with E-state index in [0.717, 1.165) is 22.2 Å². The van der Waals surface area contributed by atoms with E-state index in [1.165, 1.54) is 0 Å². The van der Waals surface area contributed by atoms with Crippen molar-refractivity contribution >= 4 is 28.6 Å². The molecule has 0 heterocycles. The van der Waals surface area contributed by atoms with Crippen molar-refractivity contribution < 1.29 is 14.3 Å². The zero-order valence-electron chi connectivity index (χ0n) is 11.8. The number of benzene rings is 2. The SMILES string of the molecule is CCCCOc1ccc(C(=O)Oc2ccc(I)cc2)cc1. The maximum absolute atomic E-state index is 12.0. The largest absolute Gasteiger partial charge is 0.494 e. The molecule has 0 spiro atoms. The van der Waals surface area contributed by atoms with Crippen LogP contribution < -0.4 is 9.47 Å². The van der Waals surface area contributed by atoms with Crippen LogP contribution in [-0.4, -0.2) is 12.6 Å². The Morgan fingerprint density at radius 3 is 2.24 bits per heavy atom. The highest BCUT2D eigenvalue weighted by Crippen LogP contribution is 2.17. The summed E-state index contributed by atoms with van der Waals surface area (Å²) in [5.74, 6) is 0.953. The molecule has 3 nitrogen and oxygen atoms in total. The second-order valence-electron chi connectivity index (χ2n) is 4.57. The molecular formula is C17H17IO3. The number of esters is 1. The van der Waals surface area contributed by atoms with Gasteiger partial charge in [0.15, 0.2) is 0 Å². The quantitative estimate of drug-likeness (QED) is 0.308. The van der Waals surface area contributed by atoms with E-state index in [1.54, 1.807) is 36.4 Å². The lowest BCUT2D eigenvalue weighted by Crippen LogP contribution is -2.08. The van der Waals surface area contributed by atoms with Gasteiger partial charge in [0.1, 0.15) is 11.5 Å². The maximum Gasteiger partial charge on any atom is 0.343 e. The molecule has 0 aromatic heterocycles. The summed E-state index contributed by atoms with van der Waals surface area (Å²) in [5.41, 5.74) is 0.511. The summed E-state index contributed by atoms with van der Waals surface area (Å²) in [4.78, 5) is 12.0. The van der Waals surface area contributed by atoms with Gasteiger partial charge in [-0.05, 0) is 77.5 Å². The van der Waals surface area contributed by atoms with Gasteiger partial charge in [0.2, 0.25) is 0 Å².